The molecule has 1 aliphatic rings. The van der Waals surface area contributed by atoms with Crippen molar-refractivity contribution in [2.24, 2.45) is 14.1 Å². The molecule has 3 rings (SSSR count). The normalized spacial score (nSPS) is 19.1. The number of piperidine rings is 1. The van der Waals surface area contributed by atoms with Crippen molar-refractivity contribution in [1.82, 2.24) is 28.8 Å². The Bertz CT molecular complexity index is 776. The van der Waals surface area contributed by atoms with Crippen LogP contribution < -0.4 is 11.2 Å². The molecule has 0 amide bonds. The molecule has 1 fully saturated rings. The molecule has 1 aliphatic heterocycles. The molecule has 0 bridgehead atoms. The van der Waals surface area contributed by atoms with Gasteiger partial charge < -0.3 is 0 Å². The summed E-state index contributed by atoms with van der Waals surface area (Å²) in [4.78, 5) is 30.3. The third-order valence-corrected chi connectivity index (χ3v) is 4.60. The third-order valence-electron chi connectivity index (χ3n) is 4.60. The summed E-state index contributed by atoms with van der Waals surface area (Å²) in [7, 11) is 3.22. The molecule has 1 atom stereocenters. The van der Waals surface area contributed by atoms with Gasteiger partial charge in [0.2, 0.25) is 0 Å². The SMILES string of the molecule is Cn1c(CN2CCCC[C@@H]2Cn2cncn2)cc(=O)n(C)c1=O. The van der Waals surface area contributed by atoms with Crippen molar-refractivity contribution in [3.05, 3.63) is 45.3 Å². The van der Waals surface area contributed by atoms with Crippen molar-refractivity contribution in [3.63, 3.8) is 0 Å². The van der Waals surface area contributed by atoms with E-state index in [0.717, 1.165) is 36.2 Å². The maximum atomic E-state index is 12.1. The molecule has 0 aliphatic carbocycles. The van der Waals surface area contributed by atoms with Crippen LogP contribution in [0.25, 0.3) is 0 Å². The summed E-state index contributed by atoms with van der Waals surface area (Å²) in [5, 5.41) is 4.18. The molecule has 0 saturated carbocycles. The molecule has 8 nitrogen and oxygen atoms in total. The molecule has 1 saturated heterocycles. The van der Waals surface area contributed by atoms with Crippen molar-refractivity contribution in [3.8, 4) is 0 Å². The van der Waals surface area contributed by atoms with Gasteiger partial charge in [0.15, 0.2) is 0 Å². The van der Waals surface area contributed by atoms with Crippen LogP contribution in [0.1, 0.15) is 25.0 Å². The van der Waals surface area contributed by atoms with E-state index in [9.17, 15) is 9.59 Å². The highest BCUT2D eigenvalue weighted by Crippen LogP contribution is 2.20. The zero-order chi connectivity index (χ0) is 16.4. The summed E-state index contributed by atoms with van der Waals surface area (Å²) in [6, 6.07) is 1.90. The highest BCUT2D eigenvalue weighted by molar-refractivity contribution is 5.03. The average Bonchev–Trinajstić information content (AvgIpc) is 3.05. The number of nitrogens with zero attached hydrogens (tertiary/aromatic N) is 6. The van der Waals surface area contributed by atoms with Crippen LogP contribution in [0.2, 0.25) is 0 Å². The summed E-state index contributed by atoms with van der Waals surface area (Å²) >= 11 is 0. The van der Waals surface area contributed by atoms with Gasteiger partial charge in [0.05, 0.1) is 6.54 Å². The molecular formula is C15H22N6O2. The Balaban J connectivity index is 1.82. The van der Waals surface area contributed by atoms with E-state index in [1.807, 2.05) is 4.68 Å². The first-order valence-electron chi connectivity index (χ1n) is 7.88. The van der Waals surface area contributed by atoms with E-state index in [1.165, 1.54) is 19.8 Å². The summed E-state index contributed by atoms with van der Waals surface area (Å²) < 4.78 is 4.53. The average molecular weight is 318 g/mol. The molecule has 0 spiro atoms. The fourth-order valence-corrected chi connectivity index (χ4v) is 3.16. The van der Waals surface area contributed by atoms with Gasteiger partial charge in [-0.1, -0.05) is 6.42 Å². The van der Waals surface area contributed by atoms with Crippen molar-refractivity contribution in [2.75, 3.05) is 6.54 Å². The van der Waals surface area contributed by atoms with E-state index in [2.05, 4.69) is 15.0 Å². The zero-order valence-corrected chi connectivity index (χ0v) is 13.6. The lowest BCUT2D eigenvalue weighted by molar-refractivity contribution is 0.118. The lowest BCUT2D eigenvalue weighted by atomic mass is 10.0. The fraction of sp³-hybridized carbons (Fsp3) is 0.600. The second-order valence-electron chi connectivity index (χ2n) is 6.11. The lowest BCUT2D eigenvalue weighted by Gasteiger charge is -2.35. The summed E-state index contributed by atoms with van der Waals surface area (Å²) in [5.41, 5.74) is 0.217. The van der Waals surface area contributed by atoms with E-state index in [0.29, 0.717) is 12.6 Å². The first kappa shape index (κ1) is 15.7. The van der Waals surface area contributed by atoms with E-state index in [1.54, 1.807) is 24.0 Å². The predicted octanol–water partition coefficient (Wildman–Crippen LogP) is -0.270. The number of hydrogen-bond donors (Lipinski definition) is 0. The van der Waals surface area contributed by atoms with Crippen molar-refractivity contribution in [2.45, 2.75) is 38.4 Å². The number of rotatable bonds is 4. The Morgan fingerprint density at radius 3 is 2.78 bits per heavy atom. The van der Waals surface area contributed by atoms with Gasteiger partial charge in [0.25, 0.3) is 5.56 Å². The second-order valence-corrected chi connectivity index (χ2v) is 6.11. The van der Waals surface area contributed by atoms with Gasteiger partial charge in [-0.05, 0) is 19.4 Å². The molecule has 8 heteroatoms. The molecule has 0 unspecified atom stereocenters. The Hall–Kier alpha value is -2.22. The van der Waals surface area contributed by atoms with Crippen LogP contribution >= 0.6 is 0 Å². The highest BCUT2D eigenvalue weighted by Gasteiger charge is 2.24. The zero-order valence-electron chi connectivity index (χ0n) is 13.6. The number of likely N-dealkylation sites (tertiary alicyclic amines) is 1. The second kappa shape index (κ2) is 6.49. The Kier molecular flexibility index (Phi) is 4.42. The van der Waals surface area contributed by atoms with Crippen LogP contribution in [-0.2, 0) is 27.2 Å². The first-order chi connectivity index (χ1) is 11.1. The van der Waals surface area contributed by atoms with Gasteiger partial charge in [0, 0.05) is 38.4 Å². The van der Waals surface area contributed by atoms with Crippen molar-refractivity contribution < 1.29 is 0 Å². The van der Waals surface area contributed by atoms with E-state index in [4.69, 9.17) is 0 Å². The monoisotopic (exact) mass is 318 g/mol. The maximum Gasteiger partial charge on any atom is 0.330 e. The van der Waals surface area contributed by atoms with Crippen molar-refractivity contribution in [1.29, 1.82) is 0 Å². The van der Waals surface area contributed by atoms with Crippen LogP contribution in [0.5, 0.6) is 0 Å². The number of hydrogen-bond acceptors (Lipinski definition) is 5. The van der Waals surface area contributed by atoms with Crippen LogP contribution in [0.15, 0.2) is 28.3 Å². The van der Waals surface area contributed by atoms with Crippen molar-refractivity contribution >= 4 is 0 Å². The predicted molar refractivity (Wildman–Crippen MR) is 85.0 cm³/mol. The summed E-state index contributed by atoms with van der Waals surface area (Å²) in [5.74, 6) is 0. The van der Waals surface area contributed by atoms with E-state index >= 15 is 0 Å². The summed E-state index contributed by atoms with van der Waals surface area (Å²) in [6.07, 6.45) is 6.66. The van der Waals surface area contributed by atoms with Gasteiger partial charge in [0.1, 0.15) is 12.7 Å². The molecular weight excluding hydrogens is 296 g/mol. The molecule has 2 aromatic rings. The standard InChI is InChI=1S/C15H22N6O2/c1-18-13(7-14(22)19(2)15(18)23)8-20-6-4-3-5-12(20)9-21-11-16-10-17-21/h7,10-12H,3-6,8-9H2,1-2H3/t12-/m1/s1. The molecule has 23 heavy (non-hydrogen) atoms. The van der Waals surface area contributed by atoms with Gasteiger partial charge in [-0.2, -0.15) is 5.10 Å². The maximum absolute atomic E-state index is 12.1. The minimum absolute atomic E-state index is 0.257. The molecule has 3 heterocycles. The van der Waals surface area contributed by atoms with Gasteiger partial charge in [-0.3, -0.25) is 23.5 Å². The Morgan fingerprint density at radius 1 is 1.22 bits per heavy atom. The molecule has 124 valence electrons. The Labute approximate surface area is 134 Å². The fourth-order valence-electron chi connectivity index (χ4n) is 3.16. The Morgan fingerprint density at radius 2 is 2.04 bits per heavy atom. The summed E-state index contributed by atoms with van der Waals surface area (Å²) in [6.45, 7) is 2.34. The van der Waals surface area contributed by atoms with Gasteiger partial charge in [-0.15, -0.1) is 0 Å². The number of aromatic nitrogens is 5. The molecule has 0 N–H and O–H groups in total. The quantitative estimate of drug-likeness (QED) is 0.775. The smallest absolute Gasteiger partial charge is 0.299 e. The third kappa shape index (κ3) is 3.26. The van der Waals surface area contributed by atoms with Crippen LogP contribution in [-0.4, -0.2) is 41.4 Å². The minimum Gasteiger partial charge on any atom is -0.299 e. The minimum atomic E-state index is -0.280. The van der Waals surface area contributed by atoms with E-state index in [-0.39, 0.29) is 11.2 Å². The topological polar surface area (TPSA) is 78.0 Å². The molecule has 0 aromatic carbocycles. The molecule has 0 radical (unpaired) electrons. The van der Waals surface area contributed by atoms with Crippen LogP contribution in [0, 0.1) is 0 Å². The van der Waals surface area contributed by atoms with E-state index < -0.39 is 0 Å². The lowest BCUT2D eigenvalue weighted by Crippen LogP contribution is -2.44. The van der Waals surface area contributed by atoms with Crippen LogP contribution in [0.3, 0.4) is 0 Å². The van der Waals surface area contributed by atoms with Gasteiger partial charge >= 0.3 is 5.69 Å². The van der Waals surface area contributed by atoms with Gasteiger partial charge in [-0.25, -0.2) is 9.78 Å². The molecule has 2 aromatic heterocycles. The highest BCUT2D eigenvalue weighted by atomic mass is 16.2. The largest absolute Gasteiger partial charge is 0.330 e. The van der Waals surface area contributed by atoms with Crippen LogP contribution in [0.4, 0.5) is 0 Å². The first-order valence-corrected chi connectivity index (χ1v) is 7.88.